The average molecular weight is 267 g/mol. The Kier molecular flexibility index (Phi) is 6.11. The van der Waals surface area contributed by atoms with Crippen LogP contribution in [0.15, 0.2) is 0 Å². The first kappa shape index (κ1) is 15.3. The highest BCUT2D eigenvalue weighted by molar-refractivity contribution is 4.87. The quantitative estimate of drug-likeness (QED) is 0.792. The third-order valence-corrected chi connectivity index (χ3v) is 4.87. The summed E-state index contributed by atoms with van der Waals surface area (Å²) in [6, 6.07) is 2.24. The van der Waals surface area contributed by atoms with Gasteiger partial charge in [0.05, 0.1) is 0 Å². The predicted octanol–water partition coefficient (Wildman–Crippen LogP) is 2.32. The molecule has 0 aromatic heterocycles. The minimum absolute atomic E-state index is 0.642. The maximum atomic E-state index is 3.74. The van der Waals surface area contributed by atoms with Gasteiger partial charge in [0.1, 0.15) is 0 Å². The van der Waals surface area contributed by atoms with E-state index in [9.17, 15) is 0 Å². The Bertz CT molecular complexity index is 246. The van der Waals surface area contributed by atoms with Crippen LogP contribution >= 0.6 is 0 Å². The number of rotatable bonds is 3. The Labute approximate surface area is 119 Å². The molecule has 1 aliphatic carbocycles. The molecule has 0 aromatic carbocycles. The lowest BCUT2D eigenvalue weighted by Gasteiger charge is -2.36. The number of likely N-dealkylation sites (N-methyl/N-ethyl adjacent to an activating group) is 1. The van der Waals surface area contributed by atoms with Gasteiger partial charge in [-0.05, 0) is 46.8 Å². The van der Waals surface area contributed by atoms with Gasteiger partial charge in [0, 0.05) is 31.2 Å². The van der Waals surface area contributed by atoms with Crippen molar-refractivity contribution >= 4 is 0 Å². The molecular weight excluding hydrogens is 234 g/mol. The van der Waals surface area contributed by atoms with Crippen molar-refractivity contribution in [1.82, 2.24) is 15.1 Å². The molecule has 2 fully saturated rings. The highest BCUT2D eigenvalue weighted by Crippen LogP contribution is 2.25. The lowest BCUT2D eigenvalue weighted by molar-refractivity contribution is 0.122. The van der Waals surface area contributed by atoms with E-state index in [0.29, 0.717) is 6.04 Å². The topological polar surface area (TPSA) is 18.5 Å². The van der Waals surface area contributed by atoms with Crippen LogP contribution in [0.25, 0.3) is 0 Å². The molecule has 1 N–H and O–H groups in total. The van der Waals surface area contributed by atoms with Gasteiger partial charge in [-0.1, -0.05) is 25.7 Å². The van der Waals surface area contributed by atoms with Gasteiger partial charge in [-0.3, -0.25) is 4.90 Å². The molecule has 2 atom stereocenters. The fourth-order valence-corrected chi connectivity index (χ4v) is 3.82. The molecule has 2 aliphatic rings. The van der Waals surface area contributed by atoms with Gasteiger partial charge in [-0.25, -0.2) is 0 Å². The monoisotopic (exact) mass is 267 g/mol. The van der Waals surface area contributed by atoms with Crippen LogP contribution in [0.1, 0.15) is 51.9 Å². The molecule has 1 saturated carbocycles. The smallest absolute Gasteiger partial charge is 0.0322 e. The summed E-state index contributed by atoms with van der Waals surface area (Å²) in [4.78, 5) is 5.15. The maximum absolute atomic E-state index is 3.74. The van der Waals surface area contributed by atoms with E-state index in [1.807, 2.05) is 0 Å². The molecule has 2 rings (SSSR count). The number of nitrogens with one attached hydrogen (secondary N) is 1. The van der Waals surface area contributed by atoms with Gasteiger partial charge in [0.2, 0.25) is 0 Å². The highest BCUT2D eigenvalue weighted by atomic mass is 15.2. The van der Waals surface area contributed by atoms with E-state index in [1.165, 1.54) is 58.0 Å². The summed E-state index contributed by atoms with van der Waals surface area (Å²) in [5.74, 6) is 0. The second-order valence-corrected chi connectivity index (χ2v) is 6.89. The summed E-state index contributed by atoms with van der Waals surface area (Å²) in [5, 5.41) is 3.74. The third kappa shape index (κ3) is 4.73. The summed E-state index contributed by atoms with van der Waals surface area (Å²) in [5.41, 5.74) is 0. The van der Waals surface area contributed by atoms with E-state index in [0.717, 1.165) is 18.6 Å². The zero-order chi connectivity index (χ0) is 13.7. The van der Waals surface area contributed by atoms with Crippen LogP contribution in [-0.2, 0) is 0 Å². The maximum Gasteiger partial charge on any atom is 0.0322 e. The fraction of sp³-hybridized carbons (Fsp3) is 1.00. The third-order valence-electron chi connectivity index (χ3n) is 4.87. The van der Waals surface area contributed by atoms with Crippen LogP contribution in [0.2, 0.25) is 0 Å². The first-order valence-electron chi connectivity index (χ1n) is 8.30. The zero-order valence-corrected chi connectivity index (χ0v) is 13.2. The molecule has 112 valence electrons. The largest absolute Gasteiger partial charge is 0.311 e. The summed E-state index contributed by atoms with van der Waals surface area (Å²) in [6.07, 6.45) is 9.97. The Morgan fingerprint density at radius 2 is 1.74 bits per heavy atom. The van der Waals surface area contributed by atoms with Crippen molar-refractivity contribution in [2.24, 2.45) is 0 Å². The number of nitrogens with zero attached hydrogens (tertiary/aromatic N) is 2. The highest BCUT2D eigenvalue weighted by Gasteiger charge is 2.29. The van der Waals surface area contributed by atoms with Crippen LogP contribution in [0, 0.1) is 0 Å². The normalized spacial score (nSPS) is 32.2. The number of hydrogen-bond acceptors (Lipinski definition) is 3. The summed E-state index contributed by atoms with van der Waals surface area (Å²) in [7, 11) is 4.37. The SMILES string of the molecule is CC1CCNC(CN(C)C)CN1C1CCCCCC1. The number of hydrogen-bond donors (Lipinski definition) is 1. The molecule has 1 saturated heterocycles. The van der Waals surface area contributed by atoms with Crippen LogP contribution in [0.3, 0.4) is 0 Å². The molecule has 0 bridgehead atoms. The Balaban J connectivity index is 1.97. The summed E-state index contributed by atoms with van der Waals surface area (Å²) < 4.78 is 0. The second-order valence-electron chi connectivity index (χ2n) is 6.89. The lowest BCUT2D eigenvalue weighted by atomic mass is 10.0. The minimum atomic E-state index is 0.642. The van der Waals surface area contributed by atoms with Crippen molar-refractivity contribution < 1.29 is 0 Å². The Hall–Kier alpha value is -0.120. The van der Waals surface area contributed by atoms with E-state index in [1.54, 1.807) is 0 Å². The van der Waals surface area contributed by atoms with Crippen molar-refractivity contribution in [3.05, 3.63) is 0 Å². The van der Waals surface area contributed by atoms with Crippen molar-refractivity contribution in [1.29, 1.82) is 0 Å². The predicted molar refractivity (Wildman–Crippen MR) is 82.6 cm³/mol. The molecule has 0 aromatic rings. The van der Waals surface area contributed by atoms with Gasteiger partial charge in [-0.15, -0.1) is 0 Å². The van der Waals surface area contributed by atoms with Gasteiger partial charge in [0.15, 0.2) is 0 Å². The van der Waals surface area contributed by atoms with Crippen molar-refractivity contribution in [3.8, 4) is 0 Å². The van der Waals surface area contributed by atoms with Crippen molar-refractivity contribution in [2.75, 3.05) is 33.7 Å². The first-order valence-corrected chi connectivity index (χ1v) is 8.30. The van der Waals surface area contributed by atoms with E-state index >= 15 is 0 Å². The van der Waals surface area contributed by atoms with Gasteiger partial charge >= 0.3 is 0 Å². The Morgan fingerprint density at radius 3 is 2.37 bits per heavy atom. The summed E-state index contributed by atoms with van der Waals surface area (Å²) >= 11 is 0. The lowest BCUT2D eigenvalue weighted by Crippen LogP contribution is -2.48. The van der Waals surface area contributed by atoms with Crippen LogP contribution in [0.5, 0.6) is 0 Å². The van der Waals surface area contributed by atoms with E-state index in [4.69, 9.17) is 0 Å². The van der Waals surface area contributed by atoms with Crippen LogP contribution in [0.4, 0.5) is 0 Å². The van der Waals surface area contributed by atoms with Gasteiger partial charge in [-0.2, -0.15) is 0 Å². The molecular formula is C16H33N3. The van der Waals surface area contributed by atoms with E-state index < -0.39 is 0 Å². The Morgan fingerprint density at radius 1 is 1.05 bits per heavy atom. The van der Waals surface area contributed by atoms with Crippen LogP contribution in [-0.4, -0.2) is 61.7 Å². The molecule has 1 heterocycles. The molecule has 1 aliphatic heterocycles. The second kappa shape index (κ2) is 7.61. The minimum Gasteiger partial charge on any atom is -0.311 e. The standard InChI is InChI=1S/C16H33N3/c1-14-10-11-17-15(12-18(2)3)13-19(14)16-8-6-4-5-7-9-16/h14-17H,4-13H2,1-3H3. The fourth-order valence-electron chi connectivity index (χ4n) is 3.82. The van der Waals surface area contributed by atoms with Crippen molar-refractivity contribution in [3.63, 3.8) is 0 Å². The van der Waals surface area contributed by atoms with Crippen LogP contribution < -0.4 is 5.32 Å². The molecule has 3 nitrogen and oxygen atoms in total. The summed E-state index contributed by atoms with van der Waals surface area (Å²) in [6.45, 7) is 6.02. The molecule has 3 heteroatoms. The molecule has 0 amide bonds. The van der Waals surface area contributed by atoms with Gasteiger partial charge in [0.25, 0.3) is 0 Å². The molecule has 2 unspecified atom stereocenters. The van der Waals surface area contributed by atoms with E-state index in [-0.39, 0.29) is 0 Å². The first-order chi connectivity index (χ1) is 9.16. The molecule has 0 radical (unpaired) electrons. The van der Waals surface area contributed by atoms with Crippen molar-refractivity contribution in [2.45, 2.75) is 70.0 Å². The zero-order valence-electron chi connectivity index (χ0n) is 13.2. The molecule has 0 spiro atoms. The van der Waals surface area contributed by atoms with E-state index in [2.05, 4.69) is 36.1 Å². The molecule has 19 heavy (non-hydrogen) atoms. The average Bonchev–Trinajstić information content (AvgIpc) is 2.70. The van der Waals surface area contributed by atoms with Gasteiger partial charge < -0.3 is 10.2 Å².